The van der Waals surface area contributed by atoms with Crippen molar-refractivity contribution < 1.29 is 33.0 Å². The fraction of sp³-hybridized carbons (Fsp3) is 0.704. The van der Waals surface area contributed by atoms with E-state index in [1.165, 1.54) is 4.90 Å². The third kappa shape index (κ3) is 7.46. The smallest absolute Gasteiger partial charge is 0.328 e. The highest BCUT2D eigenvalue weighted by molar-refractivity contribution is 5.87. The Hall–Kier alpha value is -2.10. The van der Waals surface area contributed by atoms with Crippen LogP contribution in [0.25, 0.3) is 0 Å². The number of carbonyl (C=O) groups excluding carboxylic acids is 2. The minimum atomic E-state index is -1.13. The molecule has 2 saturated heterocycles. The molecule has 0 aromatic heterocycles. The summed E-state index contributed by atoms with van der Waals surface area (Å²) < 4.78 is 39.2. The van der Waals surface area contributed by atoms with Gasteiger partial charge in [0.2, 0.25) is 5.91 Å². The molecule has 0 aliphatic carbocycles. The first-order valence-electron chi connectivity index (χ1n) is 13.1. The molecule has 2 aliphatic heterocycles. The number of nitrogens with zero attached hydrogens (tertiary/aromatic N) is 1. The number of esters is 1. The molecule has 0 bridgehead atoms. The van der Waals surface area contributed by atoms with Crippen molar-refractivity contribution in [2.24, 2.45) is 11.8 Å². The molecule has 2 heterocycles. The molecule has 0 saturated carbocycles. The number of carbonyl (C=O) groups is 2. The highest BCUT2D eigenvalue weighted by Gasteiger charge is 2.40. The number of likely N-dealkylation sites (tertiary alicyclic amines) is 1. The Kier molecular flexibility index (Phi) is 10.2. The standard InChI is InChI=1S/C27H40F2N2O5/c1-5-8-35-22-14-23(30-15-22)25(32)24(12-18-10-20(28)13-21(29)11-18)36-27(34)17(4)31-7-6-19(26(31)33)9-16(2)3/h10-11,13,16-17,19,22-25,30,32H,5-9,12,14-15H2,1-4H3/t17?,19?,22-,23-,24+,25-/m1/s1. The van der Waals surface area contributed by atoms with Gasteiger partial charge in [-0.3, -0.25) is 4.79 Å². The van der Waals surface area contributed by atoms with Gasteiger partial charge in [0.25, 0.3) is 0 Å². The summed E-state index contributed by atoms with van der Waals surface area (Å²) in [5.41, 5.74) is 0.267. The molecule has 2 aliphatic rings. The molecule has 9 heteroatoms. The lowest BCUT2D eigenvalue weighted by Crippen LogP contribution is -2.49. The fourth-order valence-corrected chi connectivity index (χ4v) is 5.17. The van der Waals surface area contributed by atoms with E-state index >= 15 is 0 Å². The number of halogens is 2. The van der Waals surface area contributed by atoms with Crippen LogP contribution >= 0.6 is 0 Å². The van der Waals surface area contributed by atoms with Gasteiger partial charge in [-0.05, 0) is 56.2 Å². The lowest BCUT2D eigenvalue weighted by Gasteiger charge is -2.30. The zero-order valence-corrected chi connectivity index (χ0v) is 21.7. The maximum absolute atomic E-state index is 13.8. The SMILES string of the molecule is CCCO[C@H]1CN[C@@H]([C@@H](O)[C@H](Cc2cc(F)cc(F)c2)OC(=O)C(C)N2CCC(CC(C)C)C2=O)C1. The maximum atomic E-state index is 13.8. The van der Waals surface area contributed by atoms with Gasteiger partial charge in [-0.25, -0.2) is 13.6 Å². The quantitative estimate of drug-likeness (QED) is 0.420. The summed E-state index contributed by atoms with van der Waals surface area (Å²) >= 11 is 0. The van der Waals surface area contributed by atoms with Crippen molar-refractivity contribution in [3.05, 3.63) is 35.4 Å². The minimum Gasteiger partial charge on any atom is -0.458 e. The van der Waals surface area contributed by atoms with Crippen molar-refractivity contribution in [2.45, 2.75) is 90.2 Å². The van der Waals surface area contributed by atoms with Crippen molar-refractivity contribution in [1.82, 2.24) is 10.2 Å². The Bertz CT molecular complexity index is 879. The molecule has 202 valence electrons. The van der Waals surface area contributed by atoms with Crippen LogP contribution < -0.4 is 5.32 Å². The summed E-state index contributed by atoms with van der Waals surface area (Å²) in [6, 6.07) is 1.85. The van der Waals surface area contributed by atoms with E-state index in [-0.39, 0.29) is 29.9 Å². The molecule has 0 spiro atoms. The summed E-state index contributed by atoms with van der Waals surface area (Å²) in [6.45, 7) is 9.37. The average Bonchev–Trinajstić information content (AvgIpc) is 3.42. The van der Waals surface area contributed by atoms with Crippen LogP contribution in [0.5, 0.6) is 0 Å². The van der Waals surface area contributed by atoms with Crippen molar-refractivity contribution in [2.75, 3.05) is 19.7 Å². The zero-order valence-electron chi connectivity index (χ0n) is 21.7. The average molecular weight is 511 g/mol. The Labute approximate surface area is 212 Å². The van der Waals surface area contributed by atoms with Crippen LogP contribution in [0.15, 0.2) is 18.2 Å². The second-order valence-electron chi connectivity index (χ2n) is 10.5. The first-order chi connectivity index (χ1) is 17.1. The molecular weight excluding hydrogens is 470 g/mol. The van der Waals surface area contributed by atoms with Gasteiger partial charge in [-0.1, -0.05) is 20.8 Å². The van der Waals surface area contributed by atoms with Crippen molar-refractivity contribution >= 4 is 11.9 Å². The molecule has 2 unspecified atom stereocenters. The van der Waals surface area contributed by atoms with Gasteiger partial charge in [0.05, 0.1) is 6.10 Å². The number of benzene rings is 1. The minimum absolute atomic E-state index is 0.0641. The molecule has 0 radical (unpaired) electrons. The predicted molar refractivity (Wildman–Crippen MR) is 131 cm³/mol. The van der Waals surface area contributed by atoms with Gasteiger partial charge in [-0.2, -0.15) is 0 Å². The van der Waals surface area contributed by atoms with Crippen molar-refractivity contribution in [3.63, 3.8) is 0 Å². The molecular formula is C27H40F2N2O5. The molecule has 7 nitrogen and oxygen atoms in total. The Morgan fingerprint density at radius 3 is 2.56 bits per heavy atom. The molecule has 2 fully saturated rings. The first-order valence-corrected chi connectivity index (χ1v) is 13.1. The second-order valence-corrected chi connectivity index (χ2v) is 10.5. The summed E-state index contributed by atoms with van der Waals surface area (Å²) in [6.07, 6.45) is 0.498. The van der Waals surface area contributed by atoms with Crippen LogP contribution in [-0.4, -0.2) is 72.0 Å². The predicted octanol–water partition coefficient (Wildman–Crippen LogP) is 3.22. The summed E-state index contributed by atoms with van der Waals surface area (Å²) in [7, 11) is 0. The number of aliphatic hydroxyl groups excluding tert-OH is 1. The van der Waals surface area contributed by atoms with E-state index in [1.807, 2.05) is 6.92 Å². The number of amides is 1. The molecule has 2 N–H and O–H groups in total. The largest absolute Gasteiger partial charge is 0.458 e. The van der Waals surface area contributed by atoms with Gasteiger partial charge in [0.15, 0.2) is 0 Å². The van der Waals surface area contributed by atoms with Gasteiger partial charge in [0.1, 0.15) is 29.9 Å². The number of hydrogen-bond donors (Lipinski definition) is 2. The van der Waals surface area contributed by atoms with Crippen LogP contribution in [0.2, 0.25) is 0 Å². The Morgan fingerprint density at radius 1 is 1.22 bits per heavy atom. The molecule has 6 atom stereocenters. The van der Waals surface area contributed by atoms with Gasteiger partial charge in [-0.15, -0.1) is 0 Å². The van der Waals surface area contributed by atoms with Gasteiger partial charge < -0.3 is 24.8 Å². The number of aliphatic hydroxyl groups is 1. The van der Waals surface area contributed by atoms with E-state index in [9.17, 15) is 23.5 Å². The van der Waals surface area contributed by atoms with E-state index in [0.29, 0.717) is 38.5 Å². The van der Waals surface area contributed by atoms with E-state index in [2.05, 4.69) is 19.2 Å². The molecule has 36 heavy (non-hydrogen) atoms. The van der Waals surface area contributed by atoms with Crippen molar-refractivity contribution in [1.29, 1.82) is 0 Å². The molecule has 1 aromatic rings. The summed E-state index contributed by atoms with van der Waals surface area (Å²) in [5, 5.41) is 14.4. The second kappa shape index (κ2) is 12.9. The normalized spacial score (nSPS) is 24.8. The Balaban J connectivity index is 1.72. The summed E-state index contributed by atoms with van der Waals surface area (Å²) in [5.74, 6) is -1.94. The van der Waals surface area contributed by atoms with Crippen LogP contribution in [-0.2, 0) is 25.5 Å². The third-order valence-electron chi connectivity index (χ3n) is 7.02. The highest BCUT2D eigenvalue weighted by atomic mass is 19.1. The van der Waals surface area contributed by atoms with E-state index in [1.54, 1.807) is 6.92 Å². The van der Waals surface area contributed by atoms with Gasteiger partial charge >= 0.3 is 5.97 Å². The first kappa shape index (κ1) is 28.5. The lowest BCUT2D eigenvalue weighted by atomic mass is 9.96. The lowest BCUT2D eigenvalue weighted by molar-refractivity contribution is -0.164. The summed E-state index contributed by atoms with van der Waals surface area (Å²) in [4.78, 5) is 27.5. The number of nitrogens with one attached hydrogen (secondary N) is 1. The molecule has 1 aromatic carbocycles. The van der Waals surface area contributed by atoms with Crippen molar-refractivity contribution in [3.8, 4) is 0 Å². The van der Waals surface area contributed by atoms with Crippen LogP contribution in [0, 0.1) is 23.5 Å². The van der Waals surface area contributed by atoms with Crippen LogP contribution in [0.1, 0.15) is 58.9 Å². The number of hydrogen-bond acceptors (Lipinski definition) is 6. The third-order valence-corrected chi connectivity index (χ3v) is 7.02. The number of rotatable bonds is 12. The monoisotopic (exact) mass is 510 g/mol. The van der Waals surface area contributed by atoms with Crippen LogP contribution in [0.3, 0.4) is 0 Å². The number of ether oxygens (including phenoxy) is 2. The zero-order chi connectivity index (χ0) is 26.4. The molecule has 1 amide bonds. The van der Waals surface area contributed by atoms with Crippen LogP contribution in [0.4, 0.5) is 8.78 Å². The topological polar surface area (TPSA) is 88.1 Å². The highest BCUT2D eigenvalue weighted by Crippen LogP contribution is 2.27. The maximum Gasteiger partial charge on any atom is 0.328 e. The van der Waals surface area contributed by atoms with E-state index < -0.39 is 41.9 Å². The molecule has 3 rings (SSSR count). The van der Waals surface area contributed by atoms with E-state index in [0.717, 1.165) is 31.0 Å². The van der Waals surface area contributed by atoms with E-state index in [4.69, 9.17) is 9.47 Å². The fourth-order valence-electron chi connectivity index (χ4n) is 5.17. The Morgan fingerprint density at radius 2 is 1.92 bits per heavy atom. The van der Waals surface area contributed by atoms with Gasteiger partial charge in [0, 0.05) is 44.1 Å².